The molecule has 5 rings (SSSR count). The maximum absolute atomic E-state index is 12.9. The zero-order valence-electron chi connectivity index (χ0n) is 24.0. The first kappa shape index (κ1) is 29.7. The van der Waals surface area contributed by atoms with Crippen molar-refractivity contribution >= 4 is 16.0 Å². The highest BCUT2D eigenvalue weighted by atomic mass is 32.2. The fourth-order valence-electron chi connectivity index (χ4n) is 10.6. The molecule has 0 radical (unpaired) electrons. The first-order valence-corrected chi connectivity index (χ1v) is 17.1. The highest BCUT2D eigenvalue weighted by Gasteiger charge is 2.65. The molecule has 0 aromatic carbocycles. The van der Waals surface area contributed by atoms with Crippen LogP contribution < -0.4 is 5.32 Å². The lowest BCUT2D eigenvalue weighted by molar-refractivity contribution is -0.207. The van der Waals surface area contributed by atoms with Gasteiger partial charge in [-0.1, -0.05) is 33.6 Å². The zero-order valence-corrected chi connectivity index (χ0v) is 24.8. The van der Waals surface area contributed by atoms with E-state index in [9.17, 15) is 33.1 Å². The van der Waals surface area contributed by atoms with E-state index in [1.165, 1.54) is 0 Å². The standard InChI is InChI=1S/C30H51NO7S/c1-17(8-11-27(35)31-23-6-4-5-7-25(23)39(36,37)38)20-9-10-21-28-22(16-26(34)30(20,21)3)29(2)13-12-19(32)14-18(29)15-24(28)33/h17-26,28,32-34H,4-16H2,1-3H3,(H,31,35)(H,36,37,38)/t17-,18+,19-,20-,21+,22+,23+,24-,25-,26+,28+,29+,30-/m1/s1. The predicted octanol–water partition coefficient (Wildman–Crippen LogP) is 3.68. The molecule has 5 N–H and O–H groups in total. The van der Waals surface area contributed by atoms with E-state index in [1.54, 1.807) is 0 Å². The normalized spacial score (nSPS) is 48.9. The Morgan fingerprint density at radius 3 is 2.41 bits per heavy atom. The number of hydrogen-bond acceptors (Lipinski definition) is 6. The van der Waals surface area contributed by atoms with E-state index in [0.29, 0.717) is 38.0 Å². The molecule has 9 heteroatoms. The van der Waals surface area contributed by atoms with Crippen LogP contribution in [-0.4, -0.2) is 63.8 Å². The number of nitrogens with one attached hydrogen (secondary N) is 1. The van der Waals surface area contributed by atoms with Crippen LogP contribution in [0.15, 0.2) is 0 Å². The summed E-state index contributed by atoms with van der Waals surface area (Å²) in [5.41, 5.74) is -0.263. The Labute approximate surface area is 234 Å². The minimum atomic E-state index is -4.20. The first-order chi connectivity index (χ1) is 18.3. The van der Waals surface area contributed by atoms with E-state index in [-0.39, 0.29) is 52.4 Å². The van der Waals surface area contributed by atoms with Crippen molar-refractivity contribution in [3.05, 3.63) is 0 Å². The summed E-state index contributed by atoms with van der Waals surface area (Å²) in [4.78, 5) is 12.9. The lowest BCUT2D eigenvalue weighted by Crippen LogP contribution is -2.62. The molecule has 0 aliphatic heterocycles. The Kier molecular flexibility index (Phi) is 8.26. The van der Waals surface area contributed by atoms with E-state index in [2.05, 4.69) is 26.1 Å². The average molecular weight is 570 g/mol. The molecule has 39 heavy (non-hydrogen) atoms. The lowest BCUT2D eigenvalue weighted by atomic mass is 9.43. The number of hydrogen-bond donors (Lipinski definition) is 5. The highest BCUT2D eigenvalue weighted by Crippen LogP contribution is 2.68. The number of carbonyl (C=O) groups excluding carboxylic acids is 1. The SMILES string of the molecule is C[C@H](CCC(=O)N[C@H]1CCCC[C@H]1S(=O)(=O)O)[C@H]1CC[C@H]2[C@@H]3[C@H](O)C[C@@H]4C[C@H](O)CC[C@]4(C)[C@H]3C[C@H](O)[C@]12C. The summed E-state index contributed by atoms with van der Waals surface area (Å²) < 4.78 is 33.2. The minimum Gasteiger partial charge on any atom is -0.393 e. The van der Waals surface area contributed by atoms with Gasteiger partial charge in [0.05, 0.1) is 18.3 Å². The van der Waals surface area contributed by atoms with Crippen LogP contribution in [0.2, 0.25) is 0 Å². The van der Waals surface area contributed by atoms with Crippen molar-refractivity contribution in [2.24, 2.45) is 46.3 Å². The van der Waals surface area contributed by atoms with Gasteiger partial charge in [-0.3, -0.25) is 9.35 Å². The molecule has 0 spiro atoms. The van der Waals surface area contributed by atoms with Gasteiger partial charge in [0.25, 0.3) is 10.1 Å². The largest absolute Gasteiger partial charge is 0.393 e. The van der Waals surface area contributed by atoms with Gasteiger partial charge < -0.3 is 20.6 Å². The number of fused-ring (bicyclic) bond motifs is 5. The molecule has 1 amide bonds. The van der Waals surface area contributed by atoms with E-state index in [0.717, 1.165) is 51.4 Å². The molecule has 5 aliphatic carbocycles. The Bertz CT molecular complexity index is 1020. The van der Waals surface area contributed by atoms with Crippen LogP contribution in [0.25, 0.3) is 0 Å². The molecule has 5 saturated carbocycles. The van der Waals surface area contributed by atoms with Crippen LogP contribution in [0, 0.1) is 46.3 Å². The van der Waals surface area contributed by atoms with Gasteiger partial charge in [-0.2, -0.15) is 8.42 Å². The van der Waals surface area contributed by atoms with Gasteiger partial charge in [0.2, 0.25) is 5.91 Å². The summed E-state index contributed by atoms with van der Waals surface area (Å²) in [6, 6.07) is -0.541. The molecule has 0 aromatic heterocycles. The Morgan fingerprint density at radius 1 is 0.974 bits per heavy atom. The van der Waals surface area contributed by atoms with E-state index >= 15 is 0 Å². The molecule has 0 heterocycles. The topological polar surface area (TPSA) is 144 Å². The fourth-order valence-corrected chi connectivity index (χ4v) is 11.7. The first-order valence-electron chi connectivity index (χ1n) is 15.6. The third-order valence-corrected chi connectivity index (χ3v) is 14.1. The van der Waals surface area contributed by atoms with Gasteiger partial charge in [-0.15, -0.1) is 0 Å². The van der Waals surface area contributed by atoms with Crippen molar-refractivity contribution in [3.63, 3.8) is 0 Å². The van der Waals surface area contributed by atoms with Gasteiger partial charge >= 0.3 is 0 Å². The summed E-state index contributed by atoms with van der Waals surface area (Å²) >= 11 is 0. The Hall–Kier alpha value is -0.740. The molecular weight excluding hydrogens is 518 g/mol. The smallest absolute Gasteiger partial charge is 0.269 e. The quantitative estimate of drug-likeness (QED) is 0.307. The summed E-state index contributed by atoms with van der Waals surface area (Å²) in [7, 11) is -4.20. The maximum atomic E-state index is 12.9. The molecule has 13 atom stereocenters. The highest BCUT2D eigenvalue weighted by molar-refractivity contribution is 7.86. The van der Waals surface area contributed by atoms with Crippen LogP contribution in [-0.2, 0) is 14.9 Å². The summed E-state index contributed by atoms with van der Waals surface area (Å²) in [6.07, 6.45) is 8.20. The minimum absolute atomic E-state index is 0.0479. The molecule has 0 unspecified atom stereocenters. The Balaban J connectivity index is 1.25. The van der Waals surface area contributed by atoms with Gasteiger partial charge in [0.15, 0.2) is 0 Å². The van der Waals surface area contributed by atoms with Crippen LogP contribution in [0.3, 0.4) is 0 Å². The fraction of sp³-hybridized carbons (Fsp3) is 0.967. The molecular formula is C30H51NO7S. The molecule has 5 fully saturated rings. The van der Waals surface area contributed by atoms with Crippen molar-refractivity contribution in [2.75, 3.05) is 0 Å². The number of aliphatic hydroxyl groups is 3. The van der Waals surface area contributed by atoms with Gasteiger partial charge in [-0.25, -0.2) is 0 Å². The third kappa shape index (κ3) is 5.21. The third-order valence-electron chi connectivity index (χ3n) is 12.8. The van der Waals surface area contributed by atoms with E-state index in [4.69, 9.17) is 0 Å². The number of amides is 1. The molecule has 0 aromatic rings. The number of carbonyl (C=O) groups is 1. The molecule has 0 saturated heterocycles. The molecule has 5 aliphatic rings. The average Bonchev–Trinajstić information content (AvgIpc) is 3.22. The zero-order chi connectivity index (χ0) is 28.3. The summed E-state index contributed by atoms with van der Waals surface area (Å²) in [5.74, 6) is 1.25. The Morgan fingerprint density at radius 2 is 1.69 bits per heavy atom. The second kappa shape index (κ2) is 10.8. The molecule has 224 valence electrons. The van der Waals surface area contributed by atoms with Crippen LogP contribution in [0.4, 0.5) is 0 Å². The summed E-state index contributed by atoms with van der Waals surface area (Å²) in [5, 5.41) is 35.5. The maximum Gasteiger partial charge on any atom is 0.269 e. The van der Waals surface area contributed by atoms with E-state index in [1.807, 2.05) is 0 Å². The predicted molar refractivity (Wildman–Crippen MR) is 148 cm³/mol. The summed E-state index contributed by atoms with van der Waals surface area (Å²) in [6.45, 7) is 6.73. The lowest BCUT2D eigenvalue weighted by Gasteiger charge is -2.63. The van der Waals surface area contributed by atoms with Crippen LogP contribution in [0.5, 0.6) is 0 Å². The monoisotopic (exact) mass is 569 g/mol. The van der Waals surface area contributed by atoms with Crippen molar-refractivity contribution < 1.29 is 33.1 Å². The second-order valence-electron chi connectivity index (χ2n) is 14.6. The van der Waals surface area contributed by atoms with E-state index < -0.39 is 33.6 Å². The van der Waals surface area contributed by atoms with Crippen molar-refractivity contribution in [3.8, 4) is 0 Å². The number of rotatable bonds is 6. The van der Waals surface area contributed by atoms with Crippen LogP contribution >= 0.6 is 0 Å². The van der Waals surface area contributed by atoms with Gasteiger partial charge in [0, 0.05) is 12.5 Å². The number of aliphatic hydroxyl groups excluding tert-OH is 3. The van der Waals surface area contributed by atoms with Crippen LogP contribution in [0.1, 0.15) is 104 Å². The van der Waals surface area contributed by atoms with Gasteiger partial charge in [0.1, 0.15) is 5.25 Å². The molecule has 0 bridgehead atoms. The van der Waals surface area contributed by atoms with Gasteiger partial charge in [-0.05, 0) is 111 Å². The van der Waals surface area contributed by atoms with Crippen molar-refractivity contribution in [2.45, 2.75) is 134 Å². The van der Waals surface area contributed by atoms with Crippen molar-refractivity contribution in [1.82, 2.24) is 5.32 Å². The second-order valence-corrected chi connectivity index (χ2v) is 16.2. The van der Waals surface area contributed by atoms with Crippen molar-refractivity contribution in [1.29, 1.82) is 0 Å². The molecule has 8 nitrogen and oxygen atoms in total.